The molecule has 0 spiro atoms. The molecule has 2 aromatic rings. The minimum Gasteiger partial charge on any atom is -0.494 e. The van der Waals surface area contributed by atoms with Crippen LogP contribution in [0.1, 0.15) is 25.5 Å². The molecule has 0 bridgehead atoms. The molecule has 0 aliphatic heterocycles. The molecule has 0 radical (unpaired) electrons. The lowest BCUT2D eigenvalue weighted by Gasteiger charge is -2.18. The summed E-state index contributed by atoms with van der Waals surface area (Å²) in [6, 6.07) is 16.2. The van der Waals surface area contributed by atoms with Gasteiger partial charge in [0.2, 0.25) is 0 Å². The molecule has 4 nitrogen and oxygen atoms in total. The van der Waals surface area contributed by atoms with Gasteiger partial charge < -0.3 is 15.0 Å². The summed E-state index contributed by atoms with van der Waals surface area (Å²) >= 11 is 0. The highest BCUT2D eigenvalue weighted by molar-refractivity contribution is 5.74. The number of urea groups is 1. The van der Waals surface area contributed by atoms with E-state index in [1.54, 1.807) is 14.1 Å². The number of ether oxygens (including phenoxy) is 1. The van der Waals surface area contributed by atoms with Crippen LogP contribution in [-0.2, 0) is 0 Å². The Hall–Kier alpha value is -2.49. The Bertz CT molecular complexity index is 633. The van der Waals surface area contributed by atoms with Crippen LogP contribution in [0.3, 0.4) is 0 Å². The highest BCUT2D eigenvalue weighted by Crippen LogP contribution is 2.24. The molecule has 4 heteroatoms. The number of hydrogen-bond acceptors (Lipinski definition) is 2. The molecule has 0 heterocycles. The van der Waals surface area contributed by atoms with Crippen molar-refractivity contribution in [2.75, 3.05) is 20.7 Å². The summed E-state index contributed by atoms with van der Waals surface area (Å²) in [6.07, 6.45) is 0. The predicted molar refractivity (Wildman–Crippen MR) is 93.7 cm³/mol. The summed E-state index contributed by atoms with van der Waals surface area (Å²) < 4.78 is 5.46. The lowest BCUT2D eigenvalue weighted by molar-refractivity contribution is 0.214. The first-order chi connectivity index (χ1) is 11.0. The van der Waals surface area contributed by atoms with Crippen molar-refractivity contribution >= 4 is 6.03 Å². The zero-order valence-corrected chi connectivity index (χ0v) is 14.2. The van der Waals surface area contributed by atoms with E-state index in [9.17, 15) is 4.79 Å². The molecule has 0 aliphatic rings. The molecule has 1 N–H and O–H groups in total. The van der Waals surface area contributed by atoms with Gasteiger partial charge in [0.05, 0.1) is 12.6 Å². The van der Waals surface area contributed by atoms with Gasteiger partial charge in [-0.25, -0.2) is 4.79 Å². The van der Waals surface area contributed by atoms with Gasteiger partial charge in [-0.15, -0.1) is 0 Å². The first-order valence-corrected chi connectivity index (χ1v) is 7.82. The summed E-state index contributed by atoms with van der Waals surface area (Å²) in [5, 5.41) is 2.95. The van der Waals surface area contributed by atoms with Crippen molar-refractivity contribution in [2.45, 2.75) is 19.9 Å². The number of rotatable bonds is 5. The van der Waals surface area contributed by atoms with E-state index in [1.165, 1.54) is 4.90 Å². The molecule has 0 saturated heterocycles. The minimum atomic E-state index is -0.0897. The highest BCUT2D eigenvalue weighted by atomic mass is 16.5. The van der Waals surface area contributed by atoms with Crippen molar-refractivity contribution in [3.8, 4) is 16.9 Å². The van der Waals surface area contributed by atoms with Crippen LogP contribution in [0, 0.1) is 0 Å². The van der Waals surface area contributed by atoms with Crippen molar-refractivity contribution in [1.82, 2.24) is 10.2 Å². The molecule has 2 rings (SSSR count). The maximum atomic E-state index is 11.7. The Morgan fingerprint density at radius 1 is 1.04 bits per heavy atom. The lowest BCUT2D eigenvalue weighted by Crippen LogP contribution is -2.36. The van der Waals surface area contributed by atoms with Crippen LogP contribution < -0.4 is 10.1 Å². The summed E-state index contributed by atoms with van der Waals surface area (Å²) in [5.74, 6) is 0.882. The fraction of sp³-hybridized carbons (Fsp3) is 0.316. The average molecular weight is 312 g/mol. The Morgan fingerprint density at radius 2 is 1.57 bits per heavy atom. The molecule has 2 amide bonds. The maximum absolute atomic E-state index is 11.7. The van der Waals surface area contributed by atoms with Crippen LogP contribution in [0.5, 0.6) is 5.75 Å². The number of amides is 2. The monoisotopic (exact) mass is 312 g/mol. The first-order valence-electron chi connectivity index (χ1n) is 7.82. The van der Waals surface area contributed by atoms with E-state index in [0.29, 0.717) is 6.61 Å². The molecule has 0 fully saturated rings. The Morgan fingerprint density at radius 3 is 2.04 bits per heavy atom. The average Bonchev–Trinajstić information content (AvgIpc) is 2.56. The van der Waals surface area contributed by atoms with E-state index in [-0.39, 0.29) is 12.1 Å². The van der Waals surface area contributed by atoms with Gasteiger partial charge in [0, 0.05) is 14.1 Å². The van der Waals surface area contributed by atoms with E-state index < -0.39 is 0 Å². The molecule has 1 unspecified atom stereocenters. The topological polar surface area (TPSA) is 41.6 Å². The summed E-state index contributed by atoms with van der Waals surface area (Å²) in [4.78, 5) is 13.2. The molecule has 23 heavy (non-hydrogen) atoms. The second kappa shape index (κ2) is 7.68. The van der Waals surface area contributed by atoms with E-state index in [1.807, 2.05) is 38.1 Å². The van der Waals surface area contributed by atoms with Crippen LogP contribution >= 0.6 is 0 Å². The lowest BCUT2D eigenvalue weighted by atomic mass is 10.0. The van der Waals surface area contributed by atoms with Crippen molar-refractivity contribution in [3.63, 3.8) is 0 Å². The van der Waals surface area contributed by atoms with E-state index in [2.05, 4.69) is 29.6 Å². The fourth-order valence-electron chi connectivity index (χ4n) is 2.27. The van der Waals surface area contributed by atoms with E-state index >= 15 is 0 Å². The molecule has 0 aromatic heterocycles. The van der Waals surface area contributed by atoms with Crippen molar-refractivity contribution < 1.29 is 9.53 Å². The first kappa shape index (κ1) is 16.9. The number of carbonyl (C=O) groups excluding carboxylic acids is 1. The summed E-state index contributed by atoms with van der Waals surface area (Å²) in [5.41, 5.74) is 3.36. The highest BCUT2D eigenvalue weighted by Gasteiger charge is 2.10. The van der Waals surface area contributed by atoms with Gasteiger partial charge in [0.15, 0.2) is 0 Å². The summed E-state index contributed by atoms with van der Waals surface area (Å²) in [7, 11) is 3.47. The van der Waals surface area contributed by atoms with Gasteiger partial charge in [0.25, 0.3) is 0 Å². The quantitative estimate of drug-likeness (QED) is 0.903. The van der Waals surface area contributed by atoms with E-state index in [0.717, 1.165) is 22.4 Å². The largest absolute Gasteiger partial charge is 0.494 e. The Balaban J connectivity index is 2.08. The van der Waals surface area contributed by atoms with Crippen LogP contribution in [0.2, 0.25) is 0 Å². The fourth-order valence-corrected chi connectivity index (χ4v) is 2.27. The molecule has 0 aliphatic carbocycles. The van der Waals surface area contributed by atoms with Crippen LogP contribution in [0.15, 0.2) is 48.5 Å². The van der Waals surface area contributed by atoms with Gasteiger partial charge in [-0.05, 0) is 42.7 Å². The van der Waals surface area contributed by atoms with Crippen molar-refractivity contribution in [2.24, 2.45) is 0 Å². The predicted octanol–water partition coefficient (Wildman–Crippen LogP) is 4.08. The number of nitrogens with one attached hydrogen (secondary N) is 1. The molecule has 1 atom stereocenters. The van der Waals surface area contributed by atoms with Crippen LogP contribution in [0.25, 0.3) is 11.1 Å². The number of hydrogen-bond donors (Lipinski definition) is 1. The number of benzene rings is 2. The van der Waals surface area contributed by atoms with Gasteiger partial charge >= 0.3 is 6.03 Å². The molecule has 0 saturated carbocycles. The zero-order chi connectivity index (χ0) is 16.8. The normalized spacial score (nSPS) is 11.7. The Kier molecular flexibility index (Phi) is 5.63. The molecule has 2 aromatic carbocycles. The number of carbonyl (C=O) groups is 1. The second-order valence-corrected chi connectivity index (χ2v) is 5.65. The van der Waals surface area contributed by atoms with Gasteiger partial charge in [-0.3, -0.25) is 0 Å². The second-order valence-electron chi connectivity index (χ2n) is 5.65. The Labute approximate surface area is 138 Å². The summed E-state index contributed by atoms with van der Waals surface area (Å²) in [6.45, 7) is 4.63. The molecule has 122 valence electrons. The standard InChI is InChI=1S/C19H24N2O2/c1-5-23-18-12-10-17(11-13-18)16-8-6-15(7-9-16)14(2)20-19(22)21(3)4/h6-14H,5H2,1-4H3,(H,20,22). The van der Waals surface area contributed by atoms with Crippen molar-refractivity contribution in [3.05, 3.63) is 54.1 Å². The molecular weight excluding hydrogens is 288 g/mol. The van der Waals surface area contributed by atoms with Gasteiger partial charge in [-0.1, -0.05) is 36.4 Å². The number of nitrogens with zero attached hydrogens (tertiary/aromatic N) is 1. The smallest absolute Gasteiger partial charge is 0.317 e. The molecular formula is C19H24N2O2. The van der Waals surface area contributed by atoms with Crippen LogP contribution in [0.4, 0.5) is 4.79 Å². The third-order valence-corrected chi connectivity index (χ3v) is 3.66. The zero-order valence-electron chi connectivity index (χ0n) is 14.2. The maximum Gasteiger partial charge on any atom is 0.317 e. The van der Waals surface area contributed by atoms with Crippen molar-refractivity contribution in [1.29, 1.82) is 0 Å². The SMILES string of the molecule is CCOc1ccc(-c2ccc(C(C)NC(=O)N(C)C)cc2)cc1. The third kappa shape index (κ3) is 4.49. The third-order valence-electron chi connectivity index (χ3n) is 3.66. The minimum absolute atomic E-state index is 0.0284. The van der Waals surface area contributed by atoms with Gasteiger partial charge in [0.1, 0.15) is 5.75 Å². The van der Waals surface area contributed by atoms with Gasteiger partial charge in [-0.2, -0.15) is 0 Å². The van der Waals surface area contributed by atoms with E-state index in [4.69, 9.17) is 4.74 Å². The van der Waals surface area contributed by atoms with Crippen LogP contribution in [-0.4, -0.2) is 31.6 Å².